The Morgan fingerprint density at radius 2 is 0.844 bits per heavy atom. The molecule has 0 spiro atoms. The van der Waals surface area contributed by atoms with Crippen LogP contribution in [0.2, 0.25) is 0 Å². The van der Waals surface area contributed by atoms with Gasteiger partial charge in [0.2, 0.25) is 0 Å². The first-order valence-corrected chi connectivity index (χ1v) is 30.9. The fourth-order valence-corrected chi connectivity index (χ4v) is 9.00. The monoisotopic (exact) mass is 1080 g/mol. The average Bonchev–Trinajstić information content (AvgIpc) is 3.42. The Balaban J connectivity index is 2.67. The molecule has 12 nitrogen and oxygen atoms in total. The van der Waals surface area contributed by atoms with Crippen molar-refractivity contribution in [2.45, 2.75) is 302 Å². The molecule has 0 aromatic carbocycles. The number of carboxylic acids is 1. The molecule has 0 aromatic heterocycles. The van der Waals surface area contributed by atoms with Gasteiger partial charge < -0.3 is 39.0 Å². The Labute approximate surface area is 468 Å². The van der Waals surface area contributed by atoms with Crippen LogP contribution in [0.5, 0.6) is 0 Å². The summed E-state index contributed by atoms with van der Waals surface area (Å²) in [7, 11) is 0. The molecule has 0 aromatic rings. The Kier molecular flexibility index (Phi) is 48.8. The minimum Gasteiger partial charge on any atom is -0.479 e. The van der Waals surface area contributed by atoms with E-state index in [2.05, 4.69) is 93.7 Å². The third-order valence-corrected chi connectivity index (χ3v) is 13.7. The van der Waals surface area contributed by atoms with Crippen molar-refractivity contribution < 1.29 is 58.2 Å². The zero-order valence-corrected chi connectivity index (χ0v) is 48.7. The second-order valence-corrected chi connectivity index (χ2v) is 20.9. The summed E-state index contributed by atoms with van der Waals surface area (Å²) in [6.45, 7) is 5.81. The molecule has 0 amide bonds. The predicted octanol–water partition coefficient (Wildman–Crippen LogP) is 16.1. The van der Waals surface area contributed by atoms with Gasteiger partial charge in [-0.25, -0.2) is 4.79 Å². The molecule has 1 fully saturated rings. The molecule has 0 saturated carbocycles. The Morgan fingerprint density at radius 1 is 0.442 bits per heavy atom. The van der Waals surface area contributed by atoms with E-state index >= 15 is 0 Å². The zero-order valence-electron chi connectivity index (χ0n) is 48.7. The number of allylic oxidation sites excluding steroid dienone is 12. The van der Waals surface area contributed by atoms with Crippen molar-refractivity contribution in [3.05, 3.63) is 72.9 Å². The van der Waals surface area contributed by atoms with Crippen molar-refractivity contribution in [3.63, 3.8) is 0 Å². The lowest BCUT2D eigenvalue weighted by Gasteiger charge is -2.40. The van der Waals surface area contributed by atoms with Gasteiger partial charge in [-0.2, -0.15) is 0 Å². The fraction of sp³-hybridized carbons (Fsp3) is 0.754. The number of aliphatic hydroxyl groups is 2. The second-order valence-electron chi connectivity index (χ2n) is 20.9. The maximum absolute atomic E-state index is 13.1. The van der Waals surface area contributed by atoms with Crippen LogP contribution in [0.15, 0.2) is 72.9 Å². The van der Waals surface area contributed by atoms with E-state index in [4.69, 9.17) is 23.7 Å². The molecule has 1 aliphatic heterocycles. The van der Waals surface area contributed by atoms with Gasteiger partial charge in [0.25, 0.3) is 0 Å². The van der Waals surface area contributed by atoms with Crippen LogP contribution >= 0.6 is 0 Å². The van der Waals surface area contributed by atoms with E-state index < -0.39 is 67.3 Å². The number of rotatable bonds is 52. The number of carbonyl (C=O) groups is 4. The van der Waals surface area contributed by atoms with Crippen molar-refractivity contribution in [2.24, 2.45) is 0 Å². The summed E-state index contributed by atoms with van der Waals surface area (Å²) in [6.07, 6.45) is 54.3. The molecule has 1 rings (SSSR count). The summed E-state index contributed by atoms with van der Waals surface area (Å²) >= 11 is 0. The van der Waals surface area contributed by atoms with Crippen LogP contribution in [0.25, 0.3) is 0 Å². The molecule has 6 atom stereocenters. The molecule has 6 unspecified atom stereocenters. The number of unbranched alkanes of at least 4 members (excludes halogenated alkanes) is 26. The van der Waals surface area contributed by atoms with Gasteiger partial charge in [-0.1, -0.05) is 216 Å². The van der Waals surface area contributed by atoms with Gasteiger partial charge in [0.1, 0.15) is 18.8 Å². The van der Waals surface area contributed by atoms with Gasteiger partial charge in [0.15, 0.2) is 24.6 Å². The van der Waals surface area contributed by atoms with Crippen LogP contribution in [0, 0.1) is 0 Å². The quantitative estimate of drug-likeness (QED) is 0.0228. The van der Waals surface area contributed by atoms with Crippen molar-refractivity contribution in [3.8, 4) is 0 Å². The van der Waals surface area contributed by atoms with Crippen LogP contribution in [-0.2, 0) is 42.9 Å². The number of aliphatic carboxylic acids is 1. The summed E-state index contributed by atoms with van der Waals surface area (Å²) in [6, 6.07) is 0. The average molecular weight is 1080 g/mol. The Morgan fingerprint density at radius 3 is 1.31 bits per heavy atom. The molecule has 3 N–H and O–H groups in total. The van der Waals surface area contributed by atoms with Crippen LogP contribution in [0.1, 0.15) is 265 Å². The normalized spacial score (nSPS) is 18.5. The molecule has 12 heteroatoms. The van der Waals surface area contributed by atoms with Gasteiger partial charge in [-0.15, -0.1) is 0 Å². The highest BCUT2D eigenvalue weighted by Gasteiger charge is 2.50. The molecule has 0 bridgehead atoms. The number of ether oxygens (including phenoxy) is 5. The number of carbonyl (C=O) groups excluding carboxylic acids is 3. The van der Waals surface area contributed by atoms with Crippen LogP contribution in [0.3, 0.4) is 0 Å². The first-order valence-electron chi connectivity index (χ1n) is 30.9. The third kappa shape index (κ3) is 42.7. The van der Waals surface area contributed by atoms with Crippen molar-refractivity contribution in [2.75, 3.05) is 13.2 Å². The first-order chi connectivity index (χ1) is 37.6. The largest absolute Gasteiger partial charge is 0.479 e. The predicted molar refractivity (Wildman–Crippen MR) is 312 cm³/mol. The van der Waals surface area contributed by atoms with E-state index in [0.717, 1.165) is 141 Å². The van der Waals surface area contributed by atoms with Gasteiger partial charge in [0, 0.05) is 19.3 Å². The minimum atomic E-state index is -1.91. The number of esters is 3. The van der Waals surface area contributed by atoms with E-state index in [9.17, 15) is 34.5 Å². The maximum Gasteiger partial charge on any atom is 0.335 e. The van der Waals surface area contributed by atoms with Gasteiger partial charge in [-0.3, -0.25) is 14.4 Å². The zero-order chi connectivity index (χ0) is 56.1. The summed E-state index contributed by atoms with van der Waals surface area (Å²) in [4.78, 5) is 51.2. The molecular weight excluding hydrogens is 973 g/mol. The SMILES string of the molecule is CC/C=C\C/C=C\C/C=C\CCCCCCCCCC(=O)OC1C(OCC(COC(=O)CCCCCCCCC/C=C\CCCCCCCC)OC(=O)CCCCCCC/C=C\C/C=C\CCC)OC(C(=O)O)C(O)C1O. The van der Waals surface area contributed by atoms with Crippen molar-refractivity contribution >= 4 is 23.9 Å². The third-order valence-electron chi connectivity index (χ3n) is 13.7. The smallest absolute Gasteiger partial charge is 0.335 e. The highest BCUT2D eigenvalue weighted by molar-refractivity contribution is 5.74. The van der Waals surface area contributed by atoms with Crippen LogP contribution in [-0.4, -0.2) is 89.2 Å². The second kappa shape index (κ2) is 52.8. The van der Waals surface area contributed by atoms with Gasteiger partial charge in [0.05, 0.1) is 6.61 Å². The number of hydrogen-bond acceptors (Lipinski definition) is 11. The molecule has 442 valence electrons. The summed E-state index contributed by atoms with van der Waals surface area (Å²) < 4.78 is 28.5. The first kappa shape index (κ1) is 71.2. The Hall–Kier alpha value is -3.84. The van der Waals surface area contributed by atoms with E-state index in [1.54, 1.807) is 0 Å². The van der Waals surface area contributed by atoms with Crippen LogP contribution < -0.4 is 0 Å². The standard InChI is InChI=1S/C65H110O12/c1-4-7-10-13-16-19-22-25-27-29-31-34-36-39-42-45-48-51-57(66)73-54-56(75-58(67)52-49-46-43-40-37-33-24-21-18-15-12-9-6-3)55-74-65-63(61(70)60(69)62(77-65)64(71)72)76-59(68)53-50-47-44-41-38-35-32-30-28-26-23-20-17-14-11-8-5-2/h8,11-12,15,17,20-21,24-28,56,60-63,65,69-70H,4-7,9-10,13-14,16,18-19,22-23,29-55H2,1-3H3,(H,71,72)/b11-8-,15-12-,20-17-,24-21-,27-25-,28-26-. The number of aliphatic hydroxyl groups excluding tert-OH is 2. The summed E-state index contributed by atoms with van der Waals surface area (Å²) in [5.74, 6) is -3.15. The van der Waals surface area contributed by atoms with E-state index in [-0.39, 0.29) is 25.9 Å². The molecule has 1 saturated heterocycles. The van der Waals surface area contributed by atoms with E-state index in [1.807, 2.05) is 0 Å². The minimum absolute atomic E-state index is 0.0457. The highest BCUT2D eigenvalue weighted by atomic mass is 16.7. The highest BCUT2D eigenvalue weighted by Crippen LogP contribution is 2.26. The fourth-order valence-electron chi connectivity index (χ4n) is 9.00. The topological polar surface area (TPSA) is 175 Å². The lowest BCUT2D eigenvalue weighted by atomic mass is 9.98. The van der Waals surface area contributed by atoms with E-state index in [0.29, 0.717) is 19.3 Å². The lowest BCUT2D eigenvalue weighted by molar-refractivity contribution is -0.301. The van der Waals surface area contributed by atoms with Crippen LogP contribution in [0.4, 0.5) is 0 Å². The molecule has 0 aliphatic carbocycles. The molecular formula is C65H110O12. The molecule has 1 heterocycles. The molecule has 77 heavy (non-hydrogen) atoms. The lowest BCUT2D eigenvalue weighted by Crippen LogP contribution is -2.61. The molecule has 1 aliphatic rings. The van der Waals surface area contributed by atoms with Crippen molar-refractivity contribution in [1.82, 2.24) is 0 Å². The van der Waals surface area contributed by atoms with Crippen molar-refractivity contribution in [1.29, 1.82) is 0 Å². The van der Waals surface area contributed by atoms with E-state index in [1.165, 1.54) is 64.2 Å². The molecule has 0 radical (unpaired) electrons. The summed E-state index contributed by atoms with van der Waals surface area (Å²) in [5, 5.41) is 31.5. The summed E-state index contributed by atoms with van der Waals surface area (Å²) in [5.41, 5.74) is 0. The number of hydrogen-bond donors (Lipinski definition) is 3. The van der Waals surface area contributed by atoms with Gasteiger partial charge in [-0.05, 0) is 103 Å². The number of carboxylic acid groups (broad SMARTS) is 1. The Bertz CT molecular complexity index is 1620. The van der Waals surface area contributed by atoms with Gasteiger partial charge >= 0.3 is 23.9 Å². The maximum atomic E-state index is 13.1.